The zero-order chi connectivity index (χ0) is 22.9. The molecule has 1 N–H and O–H groups in total. The second kappa shape index (κ2) is 8.88. The Morgan fingerprint density at radius 1 is 1.38 bits per heavy atom. The fourth-order valence-corrected chi connectivity index (χ4v) is 4.14. The van der Waals surface area contributed by atoms with Crippen LogP contribution in [-0.4, -0.2) is 57.1 Å². The van der Waals surface area contributed by atoms with Crippen LogP contribution in [0.3, 0.4) is 0 Å². The van der Waals surface area contributed by atoms with E-state index in [1.54, 1.807) is 17.0 Å². The first-order chi connectivity index (χ1) is 15.3. The molecule has 2 aromatic rings. The number of nitrogens with zero attached hydrogens (tertiary/aromatic N) is 5. The Balaban J connectivity index is 1.47. The number of carbonyl (C=O) groups is 1. The summed E-state index contributed by atoms with van der Waals surface area (Å²) in [5.74, 6) is -0.532. The fourth-order valence-electron chi connectivity index (χ4n) is 3.91. The molecule has 1 spiro atoms. The number of benzene rings is 1. The number of hydrogen-bond donors (Lipinski definition) is 1. The number of hydrogen-bond acceptors (Lipinski definition) is 7. The van der Waals surface area contributed by atoms with Gasteiger partial charge in [0.1, 0.15) is 6.33 Å². The molecule has 0 radical (unpaired) electrons. The third-order valence-electron chi connectivity index (χ3n) is 5.77. The number of rotatable bonds is 5. The van der Waals surface area contributed by atoms with E-state index in [2.05, 4.69) is 20.2 Å². The van der Waals surface area contributed by atoms with Crippen molar-refractivity contribution in [1.82, 2.24) is 19.8 Å². The second-order valence-electron chi connectivity index (χ2n) is 8.41. The maximum atomic E-state index is 15.2. The molecule has 2 aliphatic rings. The Bertz CT molecular complexity index is 1070. The van der Waals surface area contributed by atoms with Gasteiger partial charge >= 0.3 is 6.09 Å². The molecule has 1 aromatic carbocycles. The summed E-state index contributed by atoms with van der Waals surface area (Å²) < 4.78 is 20.5. The average Bonchev–Trinajstić information content (AvgIpc) is 3.52. The smallest absolute Gasteiger partial charge is 0.410 e. The number of aromatic nitrogens is 2. The highest BCUT2D eigenvalue weighted by molar-refractivity contribution is 6.33. The van der Waals surface area contributed by atoms with E-state index < -0.39 is 5.82 Å². The van der Waals surface area contributed by atoms with E-state index in [9.17, 15) is 4.79 Å². The molecule has 8 nitrogen and oxygen atoms in total. The molecule has 2 fully saturated rings. The number of piperazine rings is 1. The maximum absolute atomic E-state index is 15.2. The molecule has 4 rings (SSSR count). The van der Waals surface area contributed by atoms with E-state index >= 15 is 4.39 Å². The molecule has 0 bridgehead atoms. The van der Waals surface area contributed by atoms with Crippen LogP contribution in [-0.2, 0) is 11.3 Å². The molecule has 1 aliphatic heterocycles. The van der Waals surface area contributed by atoms with Crippen molar-refractivity contribution >= 4 is 29.2 Å². The van der Waals surface area contributed by atoms with E-state index in [0.717, 1.165) is 12.8 Å². The highest BCUT2D eigenvalue weighted by Gasteiger charge is 2.52. The zero-order valence-electron chi connectivity index (χ0n) is 17.9. The van der Waals surface area contributed by atoms with Crippen LogP contribution in [0.5, 0.6) is 0 Å². The molecule has 1 saturated heterocycles. The number of anilines is 2. The highest BCUT2D eigenvalue weighted by atomic mass is 35.5. The Morgan fingerprint density at radius 3 is 2.81 bits per heavy atom. The van der Waals surface area contributed by atoms with Crippen LogP contribution in [0, 0.1) is 17.1 Å². The Hall–Kier alpha value is -2.96. The van der Waals surface area contributed by atoms with E-state index in [4.69, 9.17) is 21.6 Å². The normalized spacial score (nSPS) is 17.3. The molecule has 0 atom stereocenters. The maximum Gasteiger partial charge on any atom is 0.410 e. The van der Waals surface area contributed by atoms with Gasteiger partial charge in [0.25, 0.3) is 0 Å². The van der Waals surface area contributed by atoms with Crippen molar-refractivity contribution in [2.75, 3.05) is 25.0 Å². The van der Waals surface area contributed by atoms with Gasteiger partial charge in [0.2, 0.25) is 0 Å². The number of halogens is 2. The number of ether oxygens (including phenoxy) is 1. The van der Waals surface area contributed by atoms with Gasteiger partial charge in [-0.2, -0.15) is 5.26 Å². The van der Waals surface area contributed by atoms with Gasteiger partial charge in [-0.3, -0.25) is 4.90 Å². The summed E-state index contributed by atoms with van der Waals surface area (Å²) in [6, 6.07) is 6.71. The minimum atomic E-state index is -0.551. The number of nitrogens with one attached hydrogen (secondary N) is 1. The van der Waals surface area contributed by atoms with Crippen LogP contribution in [0.2, 0.25) is 5.02 Å². The molecule has 168 valence electrons. The van der Waals surface area contributed by atoms with E-state index in [0.29, 0.717) is 42.5 Å². The molecule has 0 unspecified atom stereocenters. The van der Waals surface area contributed by atoms with Crippen molar-refractivity contribution in [2.45, 2.75) is 44.9 Å². The van der Waals surface area contributed by atoms with Crippen LogP contribution in [0.25, 0.3) is 0 Å². The van der Waals surface area contributed by atoms with Gasteiger partial charge in [0.05, 0.1) is 34.1 Å². The molecule has 1 aliphatic carbocycles. The summed E-state index contributed by atoms with van der Waals surface area (Å²) in [7, 11) is 0. The second-order valence-corrected chi connectivity index (χ2v) is 8.82. The van der Waals surface area contributed by atoms with Crippen LogP contribution in [0.15, 0.2) is 24.5 Å². The predicted octanol–water partition coefficient (Wildman–Crippen LogP) is 4.08. The van der Waals surface area contributed by atoms with Gasteiger partial charge in [-0.25, -0.2) is 19.2 Å². The van der Waals surface area contributed by atoms with Gasteiger partial charge < -0.3 is 15.0 Å². The molecule has 1 aromatic heterocycles. The standard InChI is InChI=1S/C22H24ClFN6O2/c1-14(2)32-21(31)29-7-8-30(22(12-29)5-6-22)11-18-19(24)20(27-13-26-18)28-17-4-3-15(10-25)9-16(17)23/h3-4,9,13-14H,5-8,11-12H2,1-2H3,(H,26,27,28). The first-order valence-electron chi connectivity index (χ1n) is 10.5. The monoisotopic (exact) mass is 458 g/mol. The molecule has 2 heterocycles. The Labute approximate surface area is 191 Å². The summed E-state index contributed by atoms with van der Waals surface area (Å²) in [6.07, 6.45) is 2.73. The van der Waals surface area contributed by atoms with Crippen molar-refractivity contribution in [3.63, 3.8) is 0 Å². The zero-order valence-corrected chi connectivity index (χ0v) is 18.7. The van der Waals surface area contributed by atoms with Crippen molar-refractivity contribution in [2.24, 2.45) is 0 Å². The molecule has 1 amide bonds. The largest absolute Gasteiger partial charge is 0.447 e. The number of nitriles is 1. The van der Waals surface area contributed by atoms with E-state index in [1.807, 2.05) is 19.9 Å². The summed E-state index contributed by atoms with van der Waals surface area (Å²) in [5, 5.41) is 12.2. The predicted molar refractivity (Wildman–Crippen MR) is 117 cm³/mol. The summed E-state index contributed by atoms with van der Waals surface area (Å²) >= 11 is 6.19. The van der Waals surface area contributed by atoms with Crippen molar-refractivity contribution in [3.8, 4) is 6.07 Å². The number of amides is 1. The molecular formula is C22H24ClFN6O2. The van der Waals surface area contributed by atoms with E-state index in [1.165, 1.54) is 12.4 Å². The third-order valence-corrected chi connectivity index (χ3v) is 6.08. The Kier molecular flexibility index (Phi) is 6.17. The lowest BCUT2D eigenvalue weighted by molar-refractivity contribution is 0.0254. The van der Waals surface area contributed by atoms with E-state index in [-0.39, 0.29) is 29.2 Å². The van der Waals surface area contributed by atoms with Gasteiger partial charge in [-0.15, -0.1) is 0 Å². The molecular weight excluding hydrogens is 435 g/mol. The number of carbonyl (C=O) groups excluding carboxylic acids is 1. The van der Waals surface area contributed by atoms with Gasteiger partial charge in [-0.05, 0) is 44.9 Å². The molecule has 10 heteroatoms. The quantitative estimate of drug-likeness (QED) is 0.721. The van der Waals surface area contributed by atoms with Crippen LogP contribution < -0.4 is 5.32 Å². The van der Waals surface area contributed by atoms with Crippen LogP contribution in [0.4, 0.5) is 20.7 Å². The SMILES string of the molecule is CC(C)OC(=O)N1CCN(Cc2ncnc(Nc3ccc(C#N)cc3Cl)c2F)C2(CC2)C1. The van der Waals surface area contributed by atoms with Gasteiger partial charge in [0, 0.05) is 31.7 Å². The summed E-state index contributed by atoms with van der Waals surface area (Å²) in [4.78, 5) is 24.4. The average molecular weight is 459 g/mol. The van der Waals surface area contributed by atoms with Crippen molar-refractivity contribution in [3.05, 3.63) is 46.6 Å². The minimum absolute atomic E-state index is 0.0191. The van der Waals surface area contributed by atoms with Crippen LogP contribution >= 0.6 is 11.6 Å². The van der Waals surface area contributed by atoms with Crippen LogP contribution in [0.1, 0.15) is 37.9 Å². The molecule has 32 heavy (non-hydrogen) atoms. The lowest BCUT2D eigenvalue weighted by atomic mass is 10.1. The topological polar surface area (TPSA) is 94.4 Å². The van der Waals surface area contributed by atoms with Crippen molar-refractivity contribution in [1.29, 1.82) is 5.26 Å². The molecule has 1 saturated carbocycles. The van der Waals surface area contributed by atoms with Crippen molar-refractivity contribution < 1.29 is 13.9 Å². The highest BCUT2D eigenvalue weighted by Crippen LogP contribution is 2.45. The first kappa shape index (κ1) is 22.2. The minimum Gasteiger partial charge on any atom is -0.447 e. The summed E-state index contributed by atoms with van der Waals surface area (Å²) in [5.41, 5.74) is 0.979. The summed E-state index contributed by atoms with van der Waals surface area (Å²) in [6.45, 7) is 5.67. The first-order valence-corrected chi connectivity index (χ1v) is 10.9. The van der Waals surface area contributed by atoms with Gasteiger partial charge in [-0.1, -0.05) is 11.6 Å². The van der Waals surface area contributed by atoms with Gasteiger partial charge in [0.15, 0.2) is 11.6 Å². The lowest BCUT2D eigenvalue weighted by Gasteiger charge is -2.41. The Morgan fingerprint density at radius 2 is 2.16 bits per heavy atom. The lowest BCUT2D eigenvalue weighted by Crippen LogP contribution is -2.56. The fraction of sp³-hybridized carbons (Fsp3) is 0.455. The third kappa shape index (κ3) is 4.61.